The van der Waals surface area contributed by atoms with Crippen LogP contribution in [0.3, 0.4) is 0 Å². The first-order valence-electron chi connectivity index (χ1n) is 3.69. The first-order valence-corrected chi connectivity index (χ1v) is 4.57. The van der Waals surface area contributed by atoms with E-state index >= 15 is 0 Å². The van der Waals surface area contributed by atoms with E-state index in [4.69, 9.17) is 5.73 Å². The summed E-state index contributed by atoms with van der Waals surface area (Å²) in [6.45, 7) is 0. The standard InChI is InChI=1S/C8H11N3OS/c1-11(2)5-10-8-6(7(9)12)3-4-13-8/h3-5H,1-2H3,(H2,9,12)/b10-5+. The lowest BCUT2D eigenvalue weighted by Crippen LogP contribution is -2.10. The SMILES string of the molecule is CN(C)/C=N/c1sccc1C(N)=O. The molecule has 1 rings (SSSR count). The second-order valence-electron chi connectivity index (χ2n) is 2.71. The first kappa shape index (κ1) is 9.73. The summed E-state index contributed by atoms with van der Waals surface area (Å²) < 4.78 is 0. The number of rotatable bonds is 3. The topological polar surface area (TPSA) is 58.7 Å². The van der Waals surface area contributed by atoms with Crippen molar-refractivity contribution in [1.29, 1.82) is 0 Å². The highest BCUT2D eigenvalue weighted by molar-refractivity contribution is 7.14. The van der Waals surface area contributed by atoms with E-state index in [-0.39, 0.29) is 0 Å². The zero-order chi connectivity index (χ0) is 9.84. The molecule has 0 radical (unpaired) electrons. The van der Waals surface area contributed by atoms with Gasteiger partial charge in [-0.3, -0.25) is 4.79 Å². The van der Waals surface area contributed by atoms with E-state index in [1.54, 1.807) is 22.7 Å². The molecule has 0 unspecified atom stereocenters. The second kappa shape index (κ2) is 4.04. The minimum atomic E-state index is -0.438. The van der Waals surface area contributed by atoms with Gasteiger partial charge in [0, 0.05) is 14.1 Å². The van der Waals surface area contributed by atoms with Crippen LogP contribution in [0.1, 0.15) is 10.4 Å². The maximum Gasteiger partial charge on any atom is 0.251 e. The lowest BCUT2D eigenvalue weighted by Gasteiger charge is -2.01. The van der Waals surface area contributed by atoms with Gasteiger partial charge in [-0.25, -0.2) is 4.99 Å². The van der Waals surface area contributed by atoms with Crippen molar-refractivity contribution in [1.82, 2.24) is 4.90 Å². The molecule has 13 heavy (non-hydrogen) atoms. The third-order valence-electron chi connectivity index (χ3n) is 1.32. The molecule has 0 atom stereocenters. The number of hydrogen-bond donors (Lipinski definition) is 1. The van der Waals surface area contributed by atoms with Gasteiger partial charge in [0.1, 0.15) is 5.00 Å². The Morgan fingerprint density at radius 3 is 2.92 bits per heavy atom. The Balaban J connectivity index is 2.88. The summed E-state index contributed by atoms with van der Waals surface area (Å²) in [5.74, 6) is -0.438. The average Bonchev–Trinajstić information content (AvgIpc) is 2.47. The Hall–Kier alpha value is -1.36. The number of aliphatic imine (C=N–C) groups is 1. The zero-order valence-corrected chi connectivity index (χ0v) is 8.34. The predicted molar refractivity (Wildman–Crippen MR) is 54.7 cm³/mol. The van der Waals surface area contributed by atoms with E-state index in [1.807, 2.05) is 14.1 Å². The quantitative estimate of drug-likeness (QED) is 0.582. The number of thiophene rings is 1. The van der Waals surface area contributed by atoms with Gasteiger partial charge in [-0.1, -0.05) is 0 Å². The summed E-state index contributed by atoms with van der Waals surface area (Å²) in [6, 6.07) is 1.68. The van der Waals surface area contributed by atoms with Crippen molar-refractivity contribution < 1.29 is 4.79 Å². The molecule has 4 nitrogen and oxygen atoms in total. The number of nitrogens with two attached hydrogens (primary N) is 1. The molecule has 0 aliphatic rings. The number of primary amides is 1. The smallest absolute Gasteiger partial charge is 0.251 e. The molecule has 1 aromatic rings. The van der Waals surface area contributed by atoms with Crippen LogP contribution < -0.4 is 5.73 Å². The molecular weight excluding hydrogens is 186 g/mol. The van der Waals surface area contributed by atoms with Crippen LogP contribution in [0, 0.1) is 0 Å². The lowest BCUT2D eigenvalue weighted by atomic mass is 10.3. The summed E-state index contributed by atoms with van der Waals surface area (Å²) in [7, 11) is 3.72. The molecule has 1 aromatic heterocycles. The Bertz CT molecular complexity index is 330. The van der Waals surface area contributed by atoms with Gasteiger partial charge >= 0.3 is 0 Å². The van der Waals surface area contributed by atoms with Crippen LogP contribution in [0.4, 0.5) is 5.00 Å². The summed E-state index contributed by atoms with van der Waals surface area (Å²) in [4.78, 5) is 16.8. The van der Waals surface area contributed by atoms with E-state index in [0.29, 0.717) is 10.6 Å². The number of nitrogens with zero attached hydrogens (tertiary/aromatic N) is 2. The Morgan fingerprint density at radius 2 is 2.38 bits per heavy atom. The van der Waals surface area contributed by atoms with Crippen molar-refractivity contribution in [2.24, 2.45) is 10.7 Å². The van der Waals surface area contributed by atoms with Crippen LogP contribution in [-0.2, 0) is 0 Å². The van der Waals surface area contributed by atoms with Crippen LogP contribution in [0.5, 0.6) is 0 Å². The molecule has 0 fully saturated rings. The second-order valence-corrected chi connectivity index (χ2v) is 3.61. The van der Waals surface area contributed by atoms with Crippen molar-refractivity contribution in [3.8, 4) is 0 Å². The van der Waals surface area contributed by atoms with E-state index < -0.39 is 5.91 Å². The van der Waals surface area contributed by atoms with Gasteiger partial charge in [0.25, 0.3) is 5.91 Å². The highest BCUT2D eigenvalue weighted by Gasteiger charge is 2.07. The van der Waals surface area contributed by atoms with Crippen molar-refractivity contribution in [3.63, 3.8) is 0 Å². The zero-order valence-electron chi connectivity index (χ0n) is 7.52. The molecule has 0 aromatic carbocycles. The summed E-state index contributed by atoms with van der Waals surface area (Å²) >= 11 is 1.39. The fraction of sp³-hybridized carbons (Fsp3) is 0.250. The molecular formula is C8H11N3OS. The number of hydrogen-bond acceptors (Lipinski definition) is 3. The highest BCUT2D eigenvalue weighted by atomic mass is 32.1. The lowest BCUT2D eigenvalue weighted by molar-refractivity contribution is 0.100. The van der Waals surface area contributed by atoms with Gasteiger partial charge in [-0.2, -0.15) is 0 Å². The van der Waals surface area contributed by atoms with Crippen LogP contribution in [0.25, 0.3) is 0 Å². The van der Waals surface area contributed by atoms with Crippen LogP contribution in [0.2, 0.25) is 0 Å². The normalized spacial score (nSPS) is 10.6. The van der Waals surface area contributed by atoms with Crippen LogP contribution in [0.15, 0.2) is 16.4 Å². The molecule has 2 N–H and O–H groups in total. The first-order chi connectivity index (χ1) is 6.11. The van der Waals surface area contributed by atoms with Gasteiger partial charge in [0.15, 0.2) is 0 Å². The van der Waals surface area contributed by atoms with Crippen LogP contribution in [-0.4, -0.2) is 31.2 Å². The maximum atomic E-state index is 10.9. The van der Waals surface area contributed by atoms with Crippen molar-refractivity contribution in [2.75, 3.05) is 14.1 Å². The molecule has 0 aliphatic heterocycles. The molecule has 70 valence electrons. The van der Waals surface area contributed by atoms with E-state index in [9.17, 15) is 4.79 Å². The molecule has 1 amide bonds. The fourth-order valence-corrected chi connectivity index (χ4v) is 1.49. The highest BCUT2D eigenvalue weighted by Crippen LogP contribution is 2.25. The van der Waals surface area contributed by atoms with E-state index in [2.05, 4.69) is 4.99 Å². The van der Waals surface area contributed by atoms with Crippen molar-refractivity contribution >= 4 is 28.6 Å². The Morgan fingerprint density at radius 1 is 1.69 bits per heavy atom. The average molecular weight is 197 g/mol. The van der Waals surface area contributed by atoms with Crippen molar-refractivity contribution in [2.45, 2.75) is 0 Å². The maximum absolute atomic E-state index is 10.9. The molecule has 0 bridgehead atoms. The largest absolute Gasteiger partial charge is 0.369 e. The third kappa shape index (κ3) is 2.55. The molecule has 1 heterocycles. The fourth-order valence-electron chi connectivity index (χ4n) is 0.757. The molecule has 0 saturated heterocycles. The number of carbonyl (C=O) groups excluding carboxylic acids is 1. The third-order valence-corrected chi connectivity index (χ3v) is 2.14. The number of amides is 1. The molecule has 5 heteroatoms. The Kier molecular flexibility index (Phi) is 3.02. The Labute approximate surface area is 80.7 Å². The van der Waals surface area contributed by atoms with Crippen LogP contribution >= 0.6 is 11.3 Å². The predicted octanol–water partition coefficient (Wildman–Crippen LogP) is 1.07. The number of carbonyl (C=O) groups is 1. The molecule has 0 aliphatic carbocycles. The van der Waals surface area contributed by atoms with Gasteiger partial charge in [0.2, 0.25) is 0 Å². The van der Waals surface area contributed by atoms with Gasteiger partial charge in [0.05, 0.1) is 11.9 Å². The van der Waals surface area contributed by atoms with Crippen molar-refractivity contribution in [3.05, 3.63) is 17.0 Å². The van der Waals surface area contributed by atoms with E-state index in [1.165, 1.54) is 11.3 Å². The van der Waals surface area contributed by atoms with Gasteiger partial charge in [-0.05, 0) is 11.4 Å². The minimum absolute atomic E-state index is 0.438. The summed E-state index contributed by atoms with van der Waals surface area (Å²) in [6.07, 6.45) is 1.64. The minimum Gasteiger partial charge on any atom is -0.369 e. The summed E-state index contributed by atoms with van der Waals surface area (Å²) in [5.41, 5.74) is 5.62. The summed E-state index contributed by atoms with van der Waals surface area (Å²) in [5, 5.41) is 2.45. The van der Waals surface area contributed by atoms with E-state index in [0.717, 1.165) is 0 Å². The van der Waals surface area contributed by atoms with Gasteiger partial charge < -0.3 is 10.6 Å². The van der Waals surface area contributed by atoms with Gasteiger partial charge in [-0.15, -0.1) is 11.3 Å². The monoisotopic (exact) mass is 197 g/mol. The molecule has 0 saturated carbocycles. The molecule has 0 spiro atoms.